The van der Waals surface area contributed by atoms with Gasteiger partial charge in [0.2, 0.25) is 0 Å². The molecule has 0 aliphatic heterocycles. The minimum absolute atomic E-state index is 0.141. The van der Waals surface area contributed by atoms with E-state index < -0.39 is 5.97 Å². The molecule has 80 valence electrons. The van der Waals surface area contributed by atoms with Crippen molar-refractivity contribution in [2.24, 2.45) is 0 Å². The molecule has 0 aliphatic rings. The fourth-order valence-corrected chi connectivity index (χ4v) is 1.25. The smallest absolute Gasteiger partial charge is 0.293 e. The molecule has 0 atom stereocenters. The highest BCUT2D eigenvalue weighted by molar-refractivity contribution is 9.09. The Kier molecular flexibility index (Phi) is 4.30. The Hall–Kier alpha value is -1.36. The highest BCUT2D eigenvalue weighted by atomic mass is 79.9. The van der Waals surface area contributed by atoms with Crippen molar-refractivity contribution in [2.75, 3.05) is 5.33 Å². The van der Waals surface area contributed by atoms with Crippen molar-refractivity contribution in [3.8, 4) is 5.75 Å². The largest absolute Gasteiger partial charge is 0.352 e. The number of hydrogen-bond donors (Lipinski definition) is 0. The summed E-state index contributed by atoms with van der Waals surface area (Å²) in [5.41, 5.74) is 0.371. The molecule has 0 saturated carbocycles. The monoisotopic (exact) mass is 272 g/mol. The third kappa shape index (κ3) is 3.36. The molecule has 0 bridgehead atoms. The normalized spacial score (nSPS) is 9.47. The fourth-order valence-electron chi connectivity index (χ4n) is 0.945. The van der Waals surface area contributed by atoms with Gasteiger partial charge in [-0.2, -0.15) is 0 Å². The Balaban J connectivity index is 2.86. The highest BCUT2D eigenvalue weighted by Crippen LogP contribution is 2.19. The second-order valence-electron chi connectivity index (χ2n) is 2.71. The maximum atomic E-state index is 11.4. The first-order valence-corrected chi connectivity index (χ1v) is 5.30. The third-order valence-electron chi connectivity index (χ3n) is 1.56. The Morgan fingerprint density at radius 2 is 2.00 bits per heavy atom. The minimum Gasteiger partial charge on any atom is -0.293 e. The van der Waals surface area contributed by atoms with Gasteiger partial charge >= 0.3 is 5.97 Å². The van der Waals surface area contributed by atoms with Gasteiger partial charge in [-0.15, -0.1) is 0 Å². The summed E-state index contributed by atoms with van der Waals surface area (Å²) >= 11 is 3.05. The van der Waals surface area contributed by atoms with Crippen molar-refractivity contribution in [2.45, 2.75) is 6.92 Å². The first-order valence-electron chi connectivity index (χ1n) is 4.18. The zero-order valence-electron chi connectivity index (χ0n) is 8.03. The van der Waals surface area contributed by atoms with E-state index in [-0.39, 0.29) is 16.9 Å². The lowest BCUT2D eigenvalue weighted by Gasteiger charge is -2.06. The molecule has 1 aromatic rings. The number of carbonyl (C=O) groups is 2. The van der Waals surface area contributed by atoms with E-state index in [1.54, 1.807) is 24.3 Å². The number of benzene rings is 1. The fraction of sp³-hybridized carbons (Fsp3) is 0.200. The van der Waals surface area contributed by atoms with Gasteiger partial charge in [0.05, 0.1) is 10.9 Å². The number of halogens is 1. The molecular formula is C10H9BrO4. The van der Waals surface area contributed by atoms with Crippen molar-refractivity contribution >= 4 is 27.7 Å². The topological polar surface area (TPSA) is 52.6 Å². The molecular weight excluding hydrogens is 264 g/mol. The summed E-state index contributed by atoms with van der Waals surface area (Å²) in [4.78, 5) is 31.0. The van der Waals surface area contributed by atoms with Gasteiger partial charge in [0, 0.05) is 6.92 Å². The molecule has 0 unspecified atom stereocenters. The Bertz CT molecular complexity index is 375. The lowest BCUT2D eigenvalue weighted by molar-refractivity contribution is -0.211. The van der Waals surface area contributed by atoms with Crippen LogP contribution < -0.4 is 4.89 Å². The summed E-state index contributed by atoms with van der Waals surface area (Å²) in [6.07, 6.45) is 0. The van der Waals surface area contributed by atoms with E-state index in [0.29, 0.717) is 5.56 Å². The molecule has 0 aliphatic carbocycles. The number of rotatable bonds is 4. The zero-order valence-corrected chi connectivity index (χ0v) is 9.61. The lowest BCUT2D eigenvalue weighted by atomic mass is 10.1. The molecule has 0 heterocycles. The van der Waals surface area contributed by atoms with Crippen LogP contribution in [0.1, 0.15) is 17.3 Å². The van der Waals surface area contributed by atoms with Gasteiger partial charge in [0.15, 0.2) is 11.5 Å². The van der Waals surface area contributed by atoms with Crippen LogP contribution >= 0.6 is 15.9 Å². The van der Waals surface area contributed by atoms with Crippen LogP contribution in [0.25, 0.3) is 0 Å². The Morgan fingerprint density at radius 3 is 2.60 bits per heavy atom. The minimum atomic E-state index is -0.573. The standard InChI is InChI=1S/C10H9BrO4/c1-7(12)14-15-10-5-3-2-4-8(10)9(13)6-11/h2-5H,6H2,1H3. The van der Waals surface area contributed by atoms with E-state index in [2.05, 4.69) is 20.8 Å². The number of alkyl halides is 1. The van der Waals surface area contributed by atoms with Crippen LogP contribution in [0.2, 0.25) is 0 Å². The number of carbonyl (C=O) groups excluding carboxylic acids is 2. The zero-order chi connectivity index (χ0) is 11.3. The molecule has 0 amide bonds. The summed E-state index contributed by atoms with van der Waals surface area (Å²) in [5, 5.41) is 0.188. The maximum absolute atomic E-state index is 11.4. The molecule has 0 radical (unpaired) electrons. The summed E-state index contributed by atoms with van der Waals surface area (Å²) in [6, 6.07) is 6.54. The van der Waals surface area contributed by atoms with Crippen LogP contribution in [0.4, 0.5) is 0 Å². The number of ketones is 1. The Labute approximate surface area is 95.2 Å². The number of Topliss-reactive ketones (excluding diaryl/α,β-unsaturated/α-hetero) is 1. The van der Waals surface area contributed by atoms with Crippen molar-refractivity contribution in [1.82, 2.24) is 0 Å². The van der Waals surface area contributed by atoms with Gasteiger partial charge in [-0.25, -0.2) is 4.79 Å². The van der Waals surface area contributed by atoms with Gasteiger partial charge in [-0.1, -0.05) is 28.1 Å². The van der Waals surface area contributed by atoms with Crippen LogP contribution in [0.3, 0.4) is 0 Å². The molecule has 0 N–H and O–H groups in total. The van der Waals surface area contributed by atoms with Gasteiger partial charge in [0.25, 0.3) is 0 Å². The average molecular weight is 273 g/mol. The van der Waals surface area contributed by atoms with E-state index in [1.807, 2.05) is 0 Å². The van der Waals surface area contributed by atoms with Crippen molar-refractivity contribution < 1.29 is 19.4 Å². The first-order chi connectivity index (χ1) is 7.15. The van der Waals surface area contributed by atoms with Crippen molar-refractivity contribution in [3.63, 3.8) is 0 Å². The number of hydrogen-bond acceptors (Lipinski definition) is 4. The van der Waals surface area contributed by atoms with E-state index in [0.717, 1.165) is 0 Å². The van der Waals surface area contributed by atoms with Crippen LogP contribution in [-0.4, -0.2) is 17.1 Å². The van der Waals surface area contributed by atoms with Crippen LogP contribution in [0, 0.1) is 0 Å². The summed E-state index contributed by atoms with van der Waals surface area (Å²) in [6.45, 7) is 1.22. The molecule has 1 rings (SSSR count). The van der Waals surface area contributed by atoms with Gasteiger partial charge in [-0.3, -0.25) is 14.6 Å². The summed E-state index contributed by atoms with van der Waals surface area (Å²) < 4.78 is 0. The van der Waals surface area contributed by atoms with Crippen molar-refractivity contribution in [1.29, 1.82) is 0 Å². The molecule has 5 heteroatoms. The van der Waals surface area contributed by atoms with E-state index in [4.69, 9.17) is 4.89 Å². The second-order valence-corrected chi connectivity index (χ2v) is 3.27. The molecule has 4 nitrogen and oxygen atoms in total. The van der Waals surface area contributed by atoms with Gasteiger partial charge < -0.3 is 0 Å². The van der Waals surface area contributed by atoms with Crippen LogP contribution in [0.15, 0.2) is 24.3 Å². The quantitative estimate of drug-likeness (QED) is 0.365. The van der Waals surface area contributed by atoms with E-state index in [1.165, 1.54) is 6.92 Å². The highest BCUT2D eigenvalue weighted by Gasteiger charge is 2.12. The first kappa shape index (κ1) is 11.7. The lowest BCUT2D eigenvalue weighted by Crippen LogP contribution is -2.08. The SMILES string of the molecule is CC(=O)OOc1ccccc1C(=O)CBr. The van der Waals surface area contributed by atoms with Crippen LogP contribution in [-0.2, 0) is 9.68 Å². The average Bonchev–Trinajstić information content (AvgIpc) is 2.25. The Morgan fingerprint density at radius 1 is 1.33 bits per heavy atom. The molecule has 0 aromatic heterocycles. The molecule has 0 spiro atoms. The predicted octanol–water partition coefficient (Wildman–Crippen LogP) is 2.12. The molecule has 15 heavy (non-hydrogen) atoms. The summed E-state index contributed by atoms with van der Waals surface area (Å²) in [7, 11) is 0. The number of para-hydroxylation sites is 1. The maximum Gasteiger partial charge on any atom is 0.352 e. The third-order valence-corrected chi connectivity index (χ3v) is 2.07. The van der Waals surface area contributed by atoms with E-state index in [9.17, 15) is 9.59 Å². The molecule has 0 fully saturated rings. The van der Waals surface area contributed by atoms with Crippen LogP contribution in [0.5, 0.6) is 5.75 Å². The van der Waals surface area contributed by atoms with Crippen molar-refractivity contribution in [3.05, 3.63) is 29.8 Å². The van der Waals surface area contributed by atoms with Gasteiger partial charge in [-0.05, 0) is 12.1 Å². The van der Waals surface area contributed by atoms with E-state index >= 15 is 0 Å². The molecule has 1 aromatic carbocycles. The summed E-state index contributed by atoms with van der Waals surface area (Å²) in [5.74, 6) is -0.481. The van der Waals surface area contributed by atoms with Gasteiger partial charge in [0.1, 0.15) is 0 Å². The second kappa shape index (κ2) is 5.50. The molecule has 0 saturated heterocycles. The predicted molar refractivity (Wildman–Crippen MR) is 57.0 cm³/mol.